The molecule has 0 heterocycles. The minimum absolute atomic E-state index is 0. The number of benzene rings is 1. The number of rotatable bonds is 8. The predicted molar refractivity (Wildman–Crippen MR) is 87.4 cm³/mol. The van der Waals surface area contributed by atoms with Crippen molar-refractivity contribution in [3.05, 3.63) is 28.7 Å². The van der Waals surface area contributed by atoms with Gasteiger partial charge in [0.25, 0.3) is 5.91 Å². The number of carbonyl (C=O) groups excluding carboxylic acids is 1. The third kappa shape index (κ3) is 7.72. The van der Waals surface area contributed by atoms with E-state index in [0.29, 0.717) is 12.3 Å². The quantitative estimate of drug-likeness (QED) is 0.744. The van der Waals surface area contributed by atoms with Gasteiger partial charge in [0.05, 0.1) is 0 Å². The molecule has 1 rings (SSSR count). The van der Waals surface area contributed by atoms with Gasteiger partial charge in [-0.2, -0.15) is 0 Å². The minimum Gasteiger partial charge on any atom is -0.484 e. The summed E-state index contributed by atoms with van der Waals surface area (Å²) in [4.78, 5) is 11.7. The second kappa shape index (κ2) is 10.9. The standard InChI is InChI=1S/C14H21BrN2O2.ClH/c1-2-3-6-12(9-16)17-14(18)10-19-13-7-4-5-11(15)8-13;/h4-5,7-8,12H,2-3,6,9-10,16H2,1H3,(H,17,18);1H. The van der Waals surface area contributed by atoms with Gasteiger partial charge < -0.3 is 15.8 Å². The number of hydrogen-bond donors (Lipinski definition) is 2. The summed E-state index contributed by atoms with van der Waals surface area (Å²) in [5.74, 6) is 0.536. The lowest BCUT2D eigenvalue weighted by Gasteiger charge is -2.16. The van der Waals surface area contributed by atoms with Gasteiger partial charge in [-0.15, -0.1) is 12.4 Å². The molecule has 0 aliphatic carbocycles. The van der Waals surface area contributed by atoms with Crippen LogP contribution in [-0.4, -0.2) is 25.1 Å². The molecular weight excluding hydrogens is 344 g/mol. The smallest absolute Gasteiger partial charge is 0.258 e. The summed E-state index contributed by atoms with van der Waals surface area (Å²) in [7, 11) is 0. The molecule has 1 unspecified atom stereocenters. The molecule has 1 aromatic carbocycles. The predicted octanol–water partition coefficient (Wildman–Crippen LogP) is 2.88. The van der Waals surface area contributed by atoms with Crippen LogP contribution in [0.5, 0.6) is 5.75 Å². The fourth-order valence-corrected chi connectivity index (χ4v) is 2.05. The van der Waals surface area contributed by atoms with E-state index in [1.54, 1.807) is 0 Å². The first kappa shape index (κ1) is 19.2. The lowest BCUT2D eigenvalue weighted by atomic mass is 10.1. The molecule has 20 heavy (non-hydrogen) atoms. The molecule has 1 atom stereocenters. The van der Waals surface area contributed by atoms with Gasteiger partial charge in [0.15, 0.2) is 6.61 Å². The zero-order valence-electron chi connectivity index (χ0n) is 11.6. The Bertz CT molecular complexity index is 405. The second-order valence-corrected chi connectivity index (χ2v) is 5.30. The number of halogens is 2. The van der Waals surface area contributed by atoms with Gasteiger partial charge in [-0.25, -0.2) is 0 Å². The molecule has 0 fully saturated rings. The molecule has 0 spiro atoms. The average molecular weight is 366 g/mol. The highest BCUT2D eigenvalue weighted by molar-refractivity contribution is 9.10. The Morgan fingerprint density at radius 1 is 1.50 bits per heavy atom. The van der Waals surface area contributed by atoms with E-state index < -0.39 is 0 Å². The molecule has 0 bridgehead atoms. The van der Waals surface area contributed by atoms with Crippen molar-refractivity contribution >= 4 is 34.2 Å². The number of amides is 1. The maximum Gasteiger partial charge on any atom is 0.258 e. The van der Waals surface area contributed by atoms with Crippen LogP contribution in [0.2, 0.25) is 0 Å². The molecule has 0 aliphatic rings. The van der Waals surface area contributed by atoms with E-state index >= 15 is 0 Å². The van der Waals surface area contributed by atoms with Crippen molar-refractivity contribution in [2.45, 2.75) is 32.2 Å². The number of ether oxygens (including phenoxy) is 1. The summed E-state index contributed by atoms with van der Waals surface area (Å²) in [6.45, 7) is 2.59. The molecule has 4 nitrogen and oxygen atoms in total. The fraction of sp³-hybridized carbons (Fsp3) is 0.500. The van der Waals surface area contributed by atoms with Crippen molar-refractivity contribution in [1.29, 1.82) is 0 Å². The maximum atomic E-state index is 11.7. The van der Waals surface area contributed by atoms with Gasteiger partial charge in [-0.05, 0) is 24.6 Å². The molecule has 0 radical (unpaired) electrons. The zero-order chi connectivity index (χ0) is 14.1. The number of carbonyl (C=O) groups is 1. The van der Waals surface area contributed by atoms with Gasteiger partial charge in [0.2, 0.25) is 0 Å². The lowest BCUT2D eigenvalue weighted by Crippen LogP contribution is -2.42. The van der Waals surface area contributed by atoms with Crippen LogP contribution >= 0.6 is 28.3 Å². The average Bonchev–Trinajstić information content (AvgIpc) is 2.41. The van der Waals surface area contributed by atoms with Crippen LogP contribution in [-0.2, 0) is 4.79 Å². The number of nitrogens with two attached hydrogens (primary N) is 1. The van der Waals surface area contributed by atoms with Crippen molar-refractivity contribution in [3.63, 3.8) is 0 Å². The third-order valence-electron chi connectivity index (χ3n) is 2.72. The zero-order valence-corrected chi connectivity index (χ0v) is 14.0. The fourth-order valence-electron chi connectivity index (χ4n) is 1.67. The Balaban J connectivity index is 0.00000361. The SMILES string of the molecule is CCCCC(CN)NC(=O)COc1cccc(Br)c1.Cl. The molecule has 3 N–H and O–H groups in total. The molecule has 0 aliphatic heterocycles. The topological polar surface area (TPSA) is 64.3 Å². The summed E-state index contributed by atoms with van der Waals surface area (Å²) in [5.41, 5.74) is 5.63. The molecule has 1 amide bonds. The molecule has 6 heteroatoms. The van der Waals surface area contributed by atoms with E-state index in [4.69, 9.17) is 10.5 Å². The van der Waals surface area contributed by atoms with Crippen LogP contribution in [0.4, 0.5) is 0 Å². The molecule has 0 saturated carbocycles. The highest BCUT2D eigenvalue weighted by Crippen LogP contribution is 2.17. The first-order chi connectivity index (χ1) is 9.15. The van der Waals surface area contributed by atoms with Crippen molar-refractivity contribution < 1.29 is 9.53 Å². The van der Waals surface area contributed by atoms with Crippen LogP contribution in [0.1, 0.15) is 26.2 Å². The van der Waals surface area contributed by atoms with E-state index in [1.807, 2.05) is 24.3 Å². The van der Waals surface area contributed by atoms with E-state index in [2.05, 4.69) is 28.2 Å². The van der Waals surface area contributed by atoms with E-state index in [1.165, 1.54) is 0 Å². The highest BCUT2D eigenvalue weighted by atomic mass is 79.9. The van der Waals surface area contributed by atoms with Crippen molar-refractivity contribution in [2.75, 3.05) is 13.2 Å². The highest BCUT2D eigenvalue weighted by Gasteiger charge is 2.10. The Morgan fingerprint density at radius 3 is 2.85 bits per heavy atom. The van der Waals surface area contributed by atoms with Crippen LogP contribution < -0.4 is 15.8 Å². The summed E-state index contributed by atoms with van der Waals surface area (Å²) in [6.07, 6.45) is 3.07. The van der Waals surface area contributed by atoms with Gasteiger partial charge in [0.1, 0.15) is 5.75 Å². The Morgan fingerprint density at radius 2 is 2.25 bits per heavy atom. The molecule has 1 aromatic rings. The van der Waals surface area contributed by atoms with Gasteiger partial charge in [0, 0.05) is 17.1 Å². The van der Waals surface area contributed by atoms with Crippen LogP contribution in [0.25, 0.3) is 0 Å². The Hall–Kier alpha value is -0.780. The van der Waals surface area contributed by atoms with E-state index in [9.17, 15) is 4.79 Å². The largest absolute Gasteiger partial charge is 0.484 e. The Kier molecular flexibility index (Phi) is 10.5. The van der Waals surface area contributed by atoms with Gasteiger partial charge in [-0.3, -0.25) is 4.79 Å². The molecule has 0 saturated heterocycles. The van der Waals surface area contributed by atoms with Crippen molar-refractivity contribution in [2.24, 2.45) is 5.73 Å². The molecule has 114 valence electrons. The van der Waals surface area contributed by atoms with Crippen molar-refractivity contribution in [1.82, 2.24) is 5.32 Å². The van der Waals surface area contributed by atoms with Crippen LogP contribution in [0, 0.1) is 0 Å². The molecule has 0 aromatic heterocycles. The minimum atomic E-state index is -0.133. The third-order valence-corrected chi connectivity index (χ3v) is 3.22. The summed E-state index contributed by atoms with van der Waals surface area (Å²) < 4.78 is 6.34. The first-order valence-corrected chi connectivity index (χ1v) is 7.32. The van der Waals surface area contributed by atoms with Gasteiger partial charge >= 0.3 is 0 Å². The lowest BCUT2D eigenvalue weighted by molar-refractivity contribution is -0.123. The summed E-state index contributed by atoms with van der Waals surface area (Å²) in [5, 5.41) is 2.89. The normalized spacial score (nSPS) is 11.3. The van der Waals surface area contributed by atoms with Gasteiger partial charge in [-0.1, -0.05) is 41.8 Å². The number of unbranched alkanes of at least 4 members (excludes halogenated alkanes) is 1. The summed E-state index contributed by atoms with van der Waals surface area (Å²) in [6, 6.07) is 7.45. The number of nitrogens with one attached hydrogen (secondary N) is 1. The van der Waals surface area contributed by atoms with E-state index in [0.717, 1.165) is 23.7 Å². The van der Waals surface area contributed by atoms with Crippen molar-refractivity contribution in [3.8, 4) is 5.75 Å². The van der Waals surface area contributed by atoms with Crippen LogP contribution in [0.15, 0.2) is 28.7 Å². The summed E-state index contributed by atoms with van der Waals surface area (Å²) >= 11 is 3.35. The second-order valence-electron chi connectivity index (χ2n) is 4.39. The molecular formula is C14H22BrClN2O2. The maximum absolute atomic E-state index is 11.7. The van der Waals surface area contributed by atoms with Crippen LogP contribution in [0.3, 0.4) is 0 Å². The first-order valence-electron chi connectivity index (χ1n) is 6.53. The Labute approximate surface area is 135 Å². The monoisotopic (exact) mass is 364 g/mol. The van der Waals surface area contributed by atoms with E-state index in [-0.39, 0.29) is 31.0 Å². The number of hydrogen-bond acceptors (Lipinski definition) is 3.